The predicted octanol–water partition coefficient (Wildman–Crippen LogP) is 2.09. The number of piperazine rings is 1. The molecule has 0 unspecified atom stereocenters. The third-order valence-electron chi connectivity index (χ3n) is 4.17. The van der Waals surface area contributed by atoms with E-state index in [1.54, 1.807) is 0 Å². The molecular formula is C15H19ClN2O2. The molecule has 2 aliphatic rings. The first kappa shape index (κ1) is 13.7. The van der Waals surface area contributed by atoms with E-state index in [1.165, 1.54) is 11.3 Å². The smallest absolute Gasteiger partial charge is 0.323 e. The molecule has 0 aliphatic carbocycles. The Morgan fingerprint density at radius 3 is 2.65 bits per heavy atom. The van der Waals surface area contributed by atoms with Crippen molar-refractivity contribution >= 4 is 23.3 Å². The second kappa shape index (κ2) is 5.62. The standard InChI is InChI=1S/C15H19ClN2O2/c1-11-2-3-12(16)10-14(11)18-7-5-17(6-8-18)13-4-9-20-15(13)19/h2-3,10,13H,4-9H2,1H3/t13-/m0/s1. The van der Waals surface area contributed by atoms with Crippen LogP contribution in [0.5, 0.6) is 0 Å². The Hall–Kier alpha value is -1.26. The minimum atomic E-state index is -0.0580. The summed E-state index contributed by atoms with van der Waals surface area (Å²) in [7, 11) is 0. The SMILES string of the molecule is Cc1ccc(Cl)cc1N1CCN([C@H]2CCOC2=O)CC1. The van der Waals surface area contributed by atoms with Crippen LogP contribution in [-0.4, -0.2) is 49.7 Å². The van der Waals surface area contributed by atoms with Crippen LogP contribution in [0.3, 0.4) is 0 Å². The van der Waals surface area contributed by atoms with Crippen LogP contribution in [0.1, 0.15) is 12.0 Å². The molecule has 0 radical (unpaired) electrons. The number of benzene rings is 1. The molecule has 0 bridgehead atoms. The van der Waals surface area contributed by atoms with Crippen molar-refractivity contribution in [2.45, 2.75) is 19.4 Å². The number of rotatable bonds is 2. The number of hydrogen-bond donors (Lipinski definition) is 0. The zero-order valence-electron chi connectivity index (χ0n) is 11.6. The van der Waals surface area contributed by atoms with Crippen molar-refractivity contribution in [1.82, 2.24) is 4.90 Å². The minimum Gasteiger partial charge on any atom is -0.464 e. The predicted molar refractivity (Wildman–Crippen MR) is 79.3 cm³/mol. The van der Waals surface area contributed by atoms with E-state index < -0.39 is 0 Å². The van der Waals surface area contributed by atoms with Crippen molar-refractivity contribution in [2.24, 2.45) is 0 Å². The van der Waals surface area contributed by atoms with Gasteiger partial charge in [0.2, 0.25) is 0 Å². The lowest BCUT2D eigenvalue weighted by Gasteiger charge is -2.38. The molecule has 3 rings (SSSR count). The van der Waals surface area contributed by atoms with Crippen LogP contribution in [0.15, 0.2) is 18.2 Å². The highest BCUT2D eigenvalue weighted by atomic mass is 35.5. The average Bonchev–Trinajstić information content (AvgIpc) is 2.88. The van der Waals surface area contributed by atoms with E-state index in [-0.39, 0.29) is 12.0 Å². The summed E-state index contributed by atoms with van der Waals surface area (Å²) in [6.45, 7) is 6.30. The largest absolute Gasteiger partial charge is 0.464 e. The number of halogens is 1. The van der Waals surface area contributed by atoms with Gasteiger partial charge in [0.25, 0.3) is 0 Å². The molecule has 0 aromatic heterocycles. The summed E-state index contributed by atoms with van der Waals surface area (Å²) in [5, 5.41) is 0.771. The summed E-state index contributed by atoms with van der Waals surface area (Å²) in [5.41, 5.74) is 2.44. The van der Waals surface area contributed by atoms with E-state index in [0.29, 0.717) is 6.61 Å². The van der Waals surface area contributed by atoms with E-state index in [1.807, 2.05) is 12.1 Å². The van der Waals surface area contributed by atoms with Gasteiger partial charge in [0, 0.05) is 43.3 Å². The third-order valence-corrected chi connectivity index (χ3v) is 4.41. The van der Waals surface area contributed by atoms with E-state index in [2.05, 4.69) is 22.8 Å². The molecule has 1 aromatic rings. The van der Waals surface area contributed by atoms with Gasteiger partial charge < -0.3 is 9.64 Å². The molecule has 2 aliphatic heterocycles. The Bertz CT molecular complexity index is 513. The van der Waals surface area contributed by atoms with Gasteiger partial charge in [-0.25, -0.2) is 0 Å². The zero-order valence-corrected chi connectivity index (χ0v) is 12.4. The Kier molecular flexibility index (Phi) is 3.85. The molecule has 0 N–H and O–H groups in total. The van der Waals surface area contributed by atoms with Gasteiger partial charge in [0.1, 0.15) is 6.04 Å². The second-order valence-electron chi connectivity index (χ2n) is 5.43. The van der Waals surface area contributed by atoms with Gasteiger partial charge >= 0.3 is 5.97 Å². The van der Waals surface area contributed by atoms with Crippen molar-refractivity contribution in [3.05, 3.63) is 28.8 Å². The lowest BCUT2D eigenvalue weighted by molar-refractivity contribution is -0.142. The fourth-order valence-corrected chi connectivity index (χ4v) is 3.18. The van der Waals surface area contributed by atoms with Gasteiger partial charge in [0.05, 0.1) is 6.61 Å². The van der Waals surface area contributed by atoms with Crippen molar-refractivity contribution < 1.29 is 9.53 Å². The number of carbonyl (C=O) groups excluding carboxylic acids is 1. The Morgan fingerprint density at radius 2 is 2.00 bits per heavy atom. The lowest BCUT2D eigenvalue weighted by atomic mass is 10.1. The van der Waals surface area contributed by atoms with E-state index in [4.69, 9.17) is 16.3 Å². The number of anilines is 1. The van der Waals surface area contributed by atoms with Crippen LogP contribution >= 0.6 is 11.6 Å². The Labute approximate surface area is 124 Å². The number of ether oxygens (including phenoxy) is 1. The van der Waals surface area contributed by atoms with E-state index in [0.717, 1.165) is 37.6 Å². The molecule has 5 heteroatoms. The summed E-state index contributed by atoms with van der Waals surface area (Å²) in [6.07, 6.45) is 0.828. The summed E-state index contributed by atoms with van der Waals surface area (Å²) in [5.74, 6) is -0.0580. The summed E-state index contributed by atoms with van der Waals surface area (Å²) >= 11 is 6.09. The van der Waals surface area contributed by atoms with Crippen molar-refractivity contribution in [3.8, 4) is 0 Å². The highest BCUT2D eigenvalue weighted by Crippen LogP contribution is 2.26. The number of aryl methyl sites for hydroxylation is 1. The van der Waals surface area contributed by atoms with Gasteiger partial charge in [-0.2, -0.15) is 0 Å². The number of nitrogens with zero attached hydrogens (tertiary/aromatic N) is 2. The number of hydrogen-bond acceptors (Lipinski definition) is 4. The molecular weight excluding hydrogens is 276 g/mol. The van der Waals surface area contributed by atoms with Gasteiger partial charge in [-0.05, 0) is 24.6 Å². The molecule has 2 saturated heterocycles. The fourth-order valence-electron chi connectivity index (χ4n) is 3.01. The molecule has 1 atom stereocenters. The first-order chi connectivity index (χ1) is 9.65. The van der Waals surface area contributed by atoms with Crippen molar-refractivity contribution in [2.75, 3.05) is 37.7 Å². The molecule has 2 fully saturated rings. The van der Waals surface area contributed by atoms with Crippen LogP contribution in [-0.2, 0) is 9.53 Å². The lowest BCUT2D eigenvalue weighted by Crippen LogP contribution is -2.51. The zero-order chi connectivity index (χ0) is 14.1. The summed E-state index contributed by atoms with van der Waals surface area (Å²) < 4.78 is 5.05. The molecule has 4 nitrogen and oxygen atoms in total. The maximum atomic E-state index is 11.6. The maximum Gasteiger partial charge on any atom is 0.323 e. The van der Waals surface area contributed by atoms with Crippen LogP contribution in [0.4, 0.5) is 5.69 Å². The average molecular weight is 295 g/mol. The fraction of sp³-hybridized carbons (Fsp3) is 0.533. The Balaban J connectivity index is 1.66. The van der Waals surface area contributed by atoms with Crippen LogP contribution < -0.4 is 4.90 Å². The molecule has 0 spiro atoms. The molecule has 0 amide bonds. The summed E-state index contributed by atoms with van der Waals surface area (Å²) in [4.78, 5) is 16.2. The highest BCUT2D eigenvalue weighted by molar-refractivity contribution is 6.30. The highest BCUT2D eigenvalue weighted by Gasteiger charge is 2.34. The normalized spacial score (nSPS) is 24.0. The van der Waals surface area contributed by atoms with Crippen molar-refractivity contribution in [3.63, 3.8) is 0 Å². The molecule has 1 aromatic carbocycles. The van der Waals surface area contributed by atoms with Crippen LogP contribution in [0, 0.1) is 6.92 Å². The molecule has 0 saturated carbocycles. The monoisotopic (exact) mass is 294 g/mol. The topological polar surface area (TPSA) is 32.8 Å². The van der Waals surface area contributed by atoms with Crippen LogP contribution in [0.2, 0.25) is 5.02 Å². The van der Waals surface area contributed by atoms with Gasteiger partial charge in [-0.3, -0.25) is 9.69 Å². The van der Waals surface area contributed by atoms with E-state index in [9.17, 15) is 4.79 Å². The summed E-state index contributed by atoms with van der Waals surface area (Å²) in [6, 6.07) is 5.97. The van der Waals surface area contributed by atoms with Gasteiger partial charge in [-0.1, -0.05) is 17.7 Å². The first-order valence-corrected chi connectivity index (χ1v) is 7.45. The minimum absolute atomic E-state index is 0.0300. The second-order valence-corrected chi connectivity index (χ2v) is 5.86. The molecule has 108 valence electrons. The number of cyclic esters (lactones) is 1. The van der Waals surface area contributed by atoms with Gasteiger partial charge in [-0.15, -0.1) is 0 Å². The Morgan fingerprint density at radius 1 is 1.25 bits per heavy atom. The number of esters is 1. The quantitative estimate of drug-likeness (QED) is 0.782. The van der Waals surface area contributed by atoms with Crippen LogP contribution in [0.25, 0.3) is 0 Å². The van der Waals surface area contributed by atoms with E-state index >= 15 is 0 Å². The first-order valence-electron chi connectivity index (χ1n) is 7.07. The molecule has 20 heavy (non-hydrogen) atoms. The van der Waals surface area contributed by atoms with Crippen molar-refractivity contribution in [1.29, 1.82) is 0 Å². The molecule has 2 heterocycles. The van der Waals surface area contributed by atoms with Gasteiger partial charge in [0.15, 0.2) is 0 Å². The number of carbonyl (C=O) groups is 1. The third kappa shape index (κ3) is 2.63. The maximum absolute atomic E-state index is 11.6.